The Balaban J connectivity index is 1.33. The molecule has 1 N–H and O–H groups in total. The number of hydrogen-bond donors (Lipinski definition) is 1. The Morgan fingerprint density at radius 2 is 1.97 bits per heavy atom. The lowest BCUT2D eigenvalue weighted by molar-refractivity contribution is -0.357. The van der Waals surface area contributed by atoms with Crippen LogP contribution in [0.1, 0.15) is 25.1 Å². The number of carbonyl (C=O) groups is 1. The Morgan fingerprint density at radius 1 is 1.27 bits per heavy atom. The summed E-state index contributed by atoms with van der Waals surface area (Å²) in [7, 11) is 0. The van der Waals surface area contributed by atoms with Gasteiger partial charge in [-0.05, 0) is 41.5 Å². The molecule has 12 heteroatoms. The summed E-state index contributed by atoms with van der Waals surface area (Å²) in [6, 6.07) is 6.91. The molecule has 1 amide bonds. The molecule has 0 aliphatic heterocycles. The second-order valence-electron chi connectivity index (χ2n) is 6.67. The first-order chi connectivity index (χ1) is 14.2. The maximum Gasteiger partial charge on any atom is 0.522 e. The number of hydrogen-bond acceptors (Lipinski definition) is 6. The smallest absolute Gasteiger partial charge is 0.368 e. The maximum atomic E-state index is 12.0. The molecule has 1 aromatic carbocycles. The third-order valence-electron chi connectivity index (χ3n) is 4.34. The fourth-order valence-corrected chi connectivity index (χ4v) is 2.81. The van der Waals surface area contributed by atoms with Crippen molar-refractivity contribution in [2.75, 3.05) is 13.2 Å². The molecule has 0 atom stereocenters. The number of tetrazole rings is 1. The fraction of sp³-hybridized carbons (Fsp3) is 0.444. The molecule has 3 rings (SSSR count). The molecular weight excluding hydrogens is 427 g/mol. The molecule has 8 nitrogen and oxygen atoms in total. The normalized spacial score (nSPS) is 18.7. The zero-order chi connectivity index (χ0) is 21.7. The van der Waals surface area contributed by atoms with Crippen LogP contribution in [0.15, 0.2) is 30.8 Å². The van der Waals surface area contributed by atoms with Crippen LogP contribution in [0.2, 0.25) is 5.02 Å². The predicted molar refractivity (Wildman–Crippen MR) is 101 cm³/mol. The molecule has 1 aliphatic rings. The highest BCUT2D eigenvalue weighted by Gasteiger charge is 2.40. The highest BCUT2D eigenvalue weighted by Crippen LogP contribution is 2.31. The molecule has 1 aromatic heterocycles. The number of nitrogens with zero attached hydrogens (tertiary/aromatic N) is 4. The zero-order valence-corrected chi connectivity index (χ0v) is 16.5. The molecule has 1 saturated carbocycles. The van der Waals surface area contributed by atoms with E-state index in [9.17, 15) is 18.0 Å². The number of aromatic nitrogens is 4. The van der Waals surface area contributed by atoms with Gasteiger partial charge in [-0.15, -0.1) is 28.2 Å². The van der Waals surface area contributed by atoms with Crippen LogP contribution >= 0.6 is 11.6 Å². The van der Waals surface area contributed by atoms with Gasteiger partial charge in [-0.1, -0.05) is 18.2 Å². The zero-order valence-electron chi connectivity index (χ0n) is 15.7. The van der Waals surface area contributed by atoms with Crippen LogP contribution in [0.4, 0.5) is 13.2 Å². The average molecular weight is 446 g/mol. The van der Waals surface area contributed by atoms with E-state index >= 15 is 0 Å². The molecule has 1 aliphatic carbocycles. The van der Waals surface area contributed by atoms with Gasteiger partial charge in [0, 0.05) is 24.4 Å². The standard InChI is InChI=1S/C18H19ClF3N5O3/c1-11(17-24-26-27(25-17)13-4-2-12(19)3-5-13)6-7-23-16(28)10-29-14-8-15(9-14)30-18(20,21)22/h2-5,14-15H,1,6-10H2,(H,23,28)/t14-,15+. The number of alkyl halides is 3. The van der Waals surface area contributed by atoms with Gasteiger partial charge >= 0.3 is 6.36 Å². The van der Waals surface area contributed by atoms with Gasteiger partial charge in [0.2, 0.25) is 11.7 Å². The fourth-order valence-electron chi connectivity index (χ4n) is 2.69. The molecular formula is C18H19ClF3N5O3. The van der Waals surface area contributed by atoms with E-state index in [1.165, 1.54) is 4.80 Å². The number of rotatable bonds is 9. The van der Waals surface area contributed by atoms with Gasteiger partial charge in [-0.3, -0.25) is 9.53 Å². The summed E-state index contributed by atoms with van der Waals surface area (Å²) >= 11 is 5.85. The highest BCUT2D eigenvalue weighted by atomic mass is 35.5. The number of nitrogens with one attached hydrogen (secondary N) is 1. The van der Waals surface area contributed by atoms with Gasteiger partial charge in [0.1, 0.15) is 6.61 Å². The monoisotopic (exact) mass is 445 g/mol. The molecule has 30 heavy (non-hydrogen) atoms. The number of carbonyl (C=O) groups excluding carboxylic acids is 1. The SMILES string of the molecule is C=C(CCNC(=O)CO[C@H]1C[C@@H](OC(F)(F)F)C1)c1nnn(-c2ccc(Cl)cc2)n1. The van der Waals surface area contributed by atoms with Crippen LogP contribution in [0, 0.1) is 0 Å². The number of halogens is 4. The first kappa shape index (κ1) is 22.2. The number of amides is 1. The molecule has 0 unspecified atom stereocenters. The first-order valence-electron chi connectivity index (χ1n) is 9.06. The molecule has 162 valence electrons. The van der Waals surface area contributed by atoms with Crippen molar-refractivity contribution in [3.63, 3.8) is 0 Å². The van der Waals surface area contributed by atoms with E-state index in [1.54, 1.807) is 24.3 Å². The predicted octanol–water partition coefficient (Wildman–Crippen LogP) is 2.92. The van der Waals surface area contributed by atoms with Crippen LogP contribution in [0.25, 0.3) is 11.3 Å². The number of benzene rings is 1. The van der Waals surface area contributed by atoms with Crippen molar-refractivity contribution in [3.8, 4) is 5.69 Å². The molecule has 1 fully saturated rings. The lowest BCUT2D eigenvalue weighted by Gasteiger charge is -2.34. The van der Waals surface area contributed by atoms with E-state index in [1.807, 2.05) is 0 Å². The third-order valence-corrected chi connectivity index (χ3v) is 4.59. The second kappa shape index (κ2) is 9.54. The highest BCUT2D eigenvalue weighted by molar-refractivity contribution is 6.30. The van der Waals surface area contributed by atoms with Gasteiger partial charge < -0.3 is 10.1 Å². The summed E-state index contributed by atoms with van der Waals surface area (Å²) in [5, 5.41) is 15.4. The van der Waals surface area contributed by atoms with Crippen molar-refractivity contribution < 1.29 is 27.4 Å². The van der Waals surface area contributed by atoms with Crippen LogP contribution in [-0.2, 0) is 14.3 Å². The Labute approximate surface area is 175 Å². The Kier molecular flexibility index (Phi) is 7.06. The van der Waals surface area contributed by atoms with Gasteiger partial charge in [-0.2, -0.15) is 0 Å². The molecule has 0 spiro atoms. The summed E-state index contributed by atoms with van der Waals surface area (Å²) in [4.78, 5) is 13.1. The summed E-state index contributed by atoms with van der Waals surface area (Å²) in [6.07, 6.45) is -5.36. The van der Waals surface area contributed by atoms with Crippen LogP contribution in [-0.4, -0.2) is 57.8 Å². The van der Waals surface area contributed by atoms with E-state index in [2.05, 4.69) is 32.0 Å². The van der Waals surface area contributed by atoms with E-state index < -0.39 is 18.6 Å². The largest absolute Gasteiger partial charge is 0.522 e. The Hall–Kier alpha value is -2.50. The van der Waals surface area contributed by atoms with Crippen molar-refractivity contribution in [3.05, 3.63) is 41.7 Å². The summed E-state index contributed by atoms with van der Waals surface area (Å²) in [6.45, 7) is 3.93. The van der Waals surface area contributed by atoms with E-state index in [0.29, 0.717) is 28.5 Å². The van der Waals surface area contributed by atoms with E-state index in [4.69, 9.17) is 16.3 Å². The lowest BCUT2D eigenvalue weighted by Crippen LogP contribution is -2.42. The first-order valence-corrected chi connectivity index (χ1v) is 9.44. The molecule has 0 radical (unpaired) electrons. The van der Waals surface area contributed by atoms with Gasteiger partial charge in [-0.25, -0.2) is 0 Å². The molecule has 0 saturated heterocycles. The summed E-state index contributed by atoms with van der Waals surface area (Å²) < 4.78 is 45.3. The lowest BCUT2D eigenvalue weighted by atomic mass is 9.92. The van der Waals surface area contributed by atoms with Gasteiger partial charge in [0.25, 0.3) is 0 Å². The topological polar surface area (TPSA) is 91.2 Å². The maximum absolute atomic E-state index is 12.0. The summed E-state index contributed by atoms with van der Waals surface area (Å²) in [5.41, 5.74) is 1.28. The average Bonchev–Trinajstić information content (AvgIpc) is 3.13. The van der Waals surface area contributed by atoms with Crippen molar-refractivity contribution >= 4 is 23.1 Å². The molecule has 1 heterocycles. The Bertz CT molecular complexity index is 882. The van der Waals surface area contributed by atoms with Crippen LogP contribution in [0.5, 0.6) is 0 Å². The number of ether oxygens (including phenoxy) is 2. The van der Waals surface area contributed by atoms with Crippen LogP contribution < -0.4 is 5.32 Å². The van der Waals surface area contributed by atoms with Crippen molar-refractivity contribution in [1.29, 1.82) is 0 Å². The van der Waals surface area contributed by atoms with E-state index in [0.717, 1.165) is 0 Å². The minimum Gasteiger partial charge on any atom is -0.368 e. The molecule has 2 aromatic rings. The molecule has 0 bridgehead atoms. The quantitative estimate of drug-likeness (QED) is 0.638. The minimum atomic E-state index is -4.65. The Morgan fingerprint density at radius 3 is 2.63 bits per heavy atom. The van der Waals surface area contributed by atoms with E-state index in [-0.39, 0.29) is 31.9 Å². The van der Waals surface area contributed by atoms with Crippen molar-refractivity contribution in [2.24, 2.45) is 0 Å². The van der Waals surface area contributed by atoms with Crippen molar-refractivity contribution in [2.45, 2.75) is 37.8 Å². The van der Waals surface area contributed by atoms with Gasteiger partial charge in [0.15, 0.2) is 0 Å². The third kappa shape index (κ3) is 6.51. The summed E-state index contributed by atoms with van der Waals surface area (Å²) in [5.74, 6) is -0.0265. The van der Waals surface area contributed by atoms with Crippen molar-refractivity contribution in [1.82, 2.24) is 25.5 Å². The second-order valence-corrected chi connectivity index (χ2v) is 7.11. The van der Waals surface area contributed by atoms with Crippen LogP contribution in [0.3, 0.4) is 0 Å². The minimum absolute atomic E-state index is 0.110. The van der Waals surface area contributed by atoms with Gasteiger partial charge in [0.05, 0.1) is 17.9 Å².